The molecule has 0 bridgehead atoms. The maximum absolute atomic E-state index is 16.1. The third-order valence-corrected chi connectivity index (χ3v) is 4.93. The van der Waals surface area contributed by atoms with Crippen molar-refractivity contribution in [3.63, 3.8) is 0 Å². The van der Waals surface area contributed by atoms with Crippen molar-refractivity contribution in [1.82, 2.24) is 9.80 Å². The molecule has 0 N–H and O–H groups in total. The number of carbonyl (C=O) groups is 1. The first-order valence-corrected chi connectivity index (χ1v) is 10.7. The van der Waals surface area contributed by atoms with Crippen LogP contribution in [0.15, 0.2) is 29.8 Å². The van der Waals surface area contributed by atoms with Crippen molar-refractivity contribution in [3.05, 3.63) is 30.4 Å². The van der Waals surface area contributed by atoms with Gasteiger partial charge in [-0.2, -0.15) is 5.26 Å². The lowest BCUT2D eigenvalue weighted by molar-refractivity contribution is -0.0599. The van der Waals surface area contributed by atoms with Gasteiger partial charge in [0.05, 0.1) is 31.2 Å². The molecule has 0 radical (unpaired) electrons. The minimum Gasteiger partial charge on any atom is -0.493 e. The van der Waals surface area contributed by atoms with E-state index in [1.54, 1.807) is 38.1 Å². The standard InChI is InChI=1S/C24H33FN4O4/c1-8-10-24(25)15-29(22(30)33-23(2,3)4)11-9-21(24)32-20-12-17(14-26)18(13-19(20)31-7)27-16-28(5)6/h8,12-13,16,21H,1,9-11,15H2,2-7H3/b27-16-. The number of carbonyl (C=O) groups excluding carboxylic acids is 1. The van der Waals surface area contributed by atoms with Crippen LogP contribution < -0.4 is 9.47 Å². The number of piperidine rings is 1. The van der Waals surface area contributed by atoms with E-state index >= 15 is 4.39 Å². The lowest BCUT2D eigenvalue weighted by atomic mass is 9.88. The number of halogens is 1. The molecule has 1 fully saturated rings. The molecular formula is C24H33FN4O4. The molecule has 180 valence electrons. The molecule has 2 rings (SSSR count). The number of ether oxygens (including phenoxy) is 3. The van der Waals surface area contributed by atoms with E-state index < -0.39 is 23.5 Å². The van der Waals surface area contributed by atoms with Crippen LogP contribution in [0.5, 0.6) is 11.5 Å². The summed E-state index contributed by atoms with van der Waals surface area (Å²) >= 11 is 0. The lowest BCUT2D eigenvalue weighted by Crippen LogP contribution is -2.58. The summed E-state index contributed by atoms with van der Waals surface area (Å²) in [5, 5.41) is 9.57. The van der Waals surface area contributed by atoms with E-state index in [1.165, 1.54) is 24.2 Å². The number of aliphatic imine (C=N–C) groups is 1. The summed E-state index contributed by atoms with van der Waals surface area (Å²) in [5.74, 6) is 0.565. The normalized spacial score (nSPS) is 20.8. The molecule has 0 spiro atoms. The van der Waals surface area contributed by atoms with Gasteiger partial charge in [0.25, 0.3) is 0 Å². The van der Waals surface area contributed by atoms with Gasteiger partial charge in [0.15, 0.2) is 17.2 Å². The summed E-state index contributed by atoms with van der Waals surface area (Å²) in [6.07, 6.45) is 1.79. The molecule has 1 saturated heterocycles. The predicted octanol–water partition coefficient (Wildman–Crippen LogP) is 4.46. The van der Waals surface area contributed by atoms with E-state index in [9.17, 15) is 10.1 Å². The van der Waals surface area contributed by atoms with Gasteiger partial charge in [0, 0.05) is 45.6 Å². The molecule has 1 aromatic carbocycles. The second-order valence-corrected chi connectivity index (χ2v) is 9.16. The van der Waals surface area contributed by atoms with Crippen molar-refractivity contribution in [3.8, 4) is 17.6 Å². The van der Waals surface area contributed by atoms with Gasteiger partial charge in [-0.05, 0) is 20.8 Å². The highest BCUT2D eigenvalue weighted by molar-refractivity contribution is 5.69. The molecule has 1 aliphatic rings. The molecule has 2 unspecified atom stereocenters. The van der Waals surface area contributed by atoms with Crippen molar-refractivity contribution < 1.29 is 23.4 Å². The predicted molar refractivity (Wildman–Crippen MR) is 125 cm³/mol. The molecule has 1 heterocycles. The number of hydrogen-bond donors (Lipinski definition) is 0. The molecule has 2 atom stereocenters. The second kappa shape index (κ2) is 10.6. The van der Waals surface area contributed by atoms with Gasteiger partial charge < -0.3 is 24.0 Å². The van der Waals surface area contributed by atoms with Crippen molar-refractivity contribution >= 4 is 18.1 Å². The zero-order chi connectivity index (χ0) is 24.8. The lowest BCUT2D eigenvalue weighted by Gasteiger charge is -2.42. The Balaban J connectivity index is 2.32. The largest absolute Gasteiger partial charge is 0.493 e. The third kappa shape index (κ3) is 6.85. The fraction of sp³-hybridized carbons (Fsp3) is 0.542. The summed E-state index contributed by atoms with van der Waals surface area (Å²) in [6, 6.07) is 5.17. The van der Waals surface area contributed by atoms with Crippen molar-refractivity contribution in [2.45, 2.75) is 51.0 Å². The molecule has 1 aromatic rings. The Bertz CT molecular complexity index is 936. The van der Waals surface area contributed by atoms with Gasteiger partial charge in [0.1, 0.15) is 17.8 Å². The Kier molecular flexibility index (Phi) is 8.31. The van der Waals surface area contributed by atoms with Crippen LogP contribution in [0.2, 0.25) is 0 Å². The van der Waals surface area contributed by atoms with Crippen LogP contribution >= 0.6 is 0 Å². The summed E-state index contributed by atoms with van der Waals surface area (Å²) in [4.78, 5) is 19.9. The Morgan fingerprint density at radius 3 is 2.67 bits per heavy atom. The van der Waals surface area contributed by atoms with Gasteiger partial charge in [0.2, 0.25) is 0 Å². The molecule has 0 aliphatic carbocycles. The number of allylic oxidation sites excluding steroid dienone is 1. The molecular weight excluding hydrogens is 427 g/mol. The number of hydrogen-bond acceptors (Lipinski definition) is 6. The highest BCUT2D eigenvalue weighted by Gasteiger charge is 2.47. The number of nitriles is 1. The zero-order valence-corrected chi connectivity index (χ0v) is 20.2. The number of alkyl halides is 1. The van der Waals surface area contributed by atoms with Crippen molar-refractivity contribution in [2.24, 2.45) is 4.99 Å². The van der Waals surface area contributed by atoms with Crippen LogP contribution in [0.3, 0.4) is 0 Å². The second-order valence-electron chi connectivity index (χ2n) is 9.16. The highest BCUT2D eigenvalue weighted by Crippen LogP contribution is 2.39. The van der Waals surface area contributed by atoms with E-state index in [-0.39, 0.29) is 37.2 Å². The summed E-state index contributed by atoms with van der Waals surface area (Å²) in [5.41, 5.74) is -1.90. The Morgan fingerprint density at radius 2 is 2.12 bits per heavy atom. The summed E-state index contributed by atoms with van der Waals surface area (Å²) in [6.45, 7) is 9.02. The molecule has 1 amide bonds. The summed E-state index contributed by atoms with van der Waals surface area (Å²) < 4.78 is 33.0. The van der Waals surface area contributed by atoms with E-state index in [0.29, 0.717) is 11.4 Å². The van der Waals surface area contributed by atoms with Crippen LogP contribution in [-0.2, 0) is 4.74 Å². The fourth-order valence-corrected chi connectivity index (χ4v) is 3.44. The smallest absolute Gasteiger partial charge is 0.410 e. The zero-order valence-electron chi connectivity index (χ0n) is 20.2. The molecule has 33 heavy (non-hydrogen) atoms. The van der Waals surface area contributed by atoms with Gasteiger partial charge in [-0.25, -0.2) is 14.2 Å². The minimum atomic E-state index is -1.89. The van der Waals surface area contributed by atoms with Crippen molar-refractivity contribution in [2.75, 3.05) is 34.3 Å². The van der Waals surface area contributed by atoms with Crippen LogP contribution in [-0.4, -0.2) is 73.9 Å². The number of rotatable bonds is 7. The highest BCUT2D eigenvalue weighted by atomic mass is 19.1. The van der Waals surface area contributed by atoms with Crippen molar-refractivity contribution in [1.29, 1.82) is 5.26 Å². The molecule has 9 heteroatoms. The number of amides is 1. The monoisotopic (exact) mass is 460 g/mol. The van der Waals surface area contributed by atoms with E-state index in [1.807, 2.05) is 14.1 Å². The van der Waals surface area contributed by atoms with Gasteiger partial charge in [-0.1, -0.05) is 6.08 Å². The number of nitrogens with zero attached hydrogens (tertiary/aromatic N) is 4. The molecule has 0 saturated carbocycles. The van der Waals surface area contributed by atoms with Crippen LogP contribution in [0.1, 0.15) is 39.2 Å². The van der Waals surface area contributed by atoms with Gasteiger partial charge in [-0.15, -0.1) is 6.58 Å². The first-order chi connectivity index (χ1) is 15.4. The van der Waals surface area contributed by atoms with Crippen LogP contribution in [0.25, 0.3) is 0 Å². The maximum atomic E-state index is 16.1. The van der Waals surface area contributed by atoms with Crippen LogP contribution in [0, 0.1) is 11.3 Å². The SMILES string of the molecule is C=CCC1(F)CN(C(=O)OC(C)(C)C)CCC1Oc1cc(C#N)c(/N=C\N(C)C)cc1OC. The van der Waals surface area contributed by atoms with Gasteiger partial charge in [-0.3, -0.25) is 0 Å². The minimum absolute atomic E-state index is 0.0183. The first-order valence-electron chi connectivity index (χ1n) is 10.7. The van der Waals surface area contributed by atoms with Gasteiger partial charge >= 0.3 is 6.09 Å². The Hall–Kier alpha value is -3.28. The first kappa shape index (κ1) is 26.0. The average molecular weight is 461 g/mol. The van der Waals surface area contributed by atoms with E-state index in [0.717, 1.165) is 0 Å². The number of benzene rings is 1. The number of methoxy groups -OCH3 is 1. The van der Waals surface area contributed by atoms with E-state index in [2.05, 4.69) is 17.6 Å². The fourth-order valence-electron chi connectivity index (χ4n) is 3.44. The van der Waals surface area contributed by atoms with Crippen LogP contribution in [0.4, 0.5) is 14.9 Å². The number of likely N-dealkylation sites (tertiary alicyclic amines) is 1. The average Bonchev–Trinajstić information content (AvgIpc) is 2.72. The molecule has 8 nitrogen and oxygen atoms in total. The Morgan fingerprint density at radius 1 is 1.42 bits per heavy atom. The molecule has 0 aromatic heterocycles. The Labute approximate surface area is 195 Å². The molecule has 1 aliphatic heterocycles. The third-order valence-electron chi connectivity index (χ3n) is 4.93. The quantitative estimate of drug-likeness (QED) is 0.339. The van der Waals surface area contributed by atoms with E-state index in [4.69, 9.17) is 14.2 Å². The maximum Gasteiger partial charge on any atom is 0.410 e. The summed E-state index contributed by atoms with van der Waals surface area (Å²) in [7, 11) is 5.09. The topological polar surface area (TPSA) is 87.4 Å².